The second kappa shape index (κ2) is 13.1. The molecule has 8 nitrogen and oxygen atoms in total. The molecule has 44 heavy (non-hydrogen) atoms. The van der Waals surface area contributed by atoms with Crippen LogP contribution in [0.3, 0.4) is 0 Å². The lowest BCUT2D eigenvalue weighted by Crippen LogP contribution is -2.15. The van der Waals surface area contributed by atoms with Gasteiger partial charge in [0, 0.05) is 36.0 Å². The van der Waals surface area contributed by atoms with E-state index in [1.807, 2.05) is 18.2 Å². The third kappa shape index (κ3) is 6.89. The Labute approximate surface area is 269 Å². The minimum atomic E-state index is -3.87. The summed E-state index contributed by atoms with van der Waals surface area (Å²) in [4.78, 5) is 9.04. The minimum Gasteiger partial charge on any atom is -0.399 e. The number of imidazole rings is 1. The van der Waals surface area contributed by atoms with Gasteiger partial charge in [0.15, 0.2) is 15.1 Å². The van der Waals surface area contributed by atoms with E-state index in [9.17, 15) is 8.42 Å². The molecule has 0 fully saturated rings. The molecule has 0 saturated carbocycles. The van der Waals surface area contributed by atoms with E-state index >= 15 is 0 Å². The maximum absolute atomic E-state index is 13.0. The van der Waals surface area contributed by atoms with Crippen molar-refractivity contribution in [1.82, 2.24) is 19.2 Å². The lowest BCUT2D eigenvalue weighted by atomic mass is 10.0. The number of allylic oxidation sites excluding steroid dienone is 2. The molecule has 0 radical (unpaired) electrons. The van der Waals surface area contributed by atoms with Crippen molar-refractivity contribution in [3.8, 4) is 0 Å². The van der Waals surface area contributed by atoms with Gasteiger partial charge in [0.25, 0.3) is 10.0 Å². The van der Waals surface area contributed by atoms with Gasteiger partial charge in [0.1, 0.15) is 0 Å². The summed E-state index contributed by atoms with van der Waals surface area (Å²) in [6.07, 6.45) is 5.72. The quantitative estimate of drug-likeness (QED) is 0.196. The topological polar surface area (TPSA) is 96.0 Å². The molecule has 4 aromatic rings. The number of thiazole rings is 1. The van der Waals surface area contributed by atoms with Crippen LogP contribution < -0.4 is 10.5 Å². The average Bonchev–Trinajstić information content (AvgIpc) is 3.67. The maximum atomic E-state index is 13.0. The Morgan fingerprint density at radius 2 is 1.50 bits per heavy atom. The molecule has 0 bridgehead atoms. The Balaban J connectivity index is 0.000000204. The molecule has 2 aromatic carbocycles. The van der Waals surface area contributed by atoms with Crippen LogP contribution >= 0.6 is 22.9 Å². The molecule has 3 N–H and O–H groups in total. The largest absolute Gasteiger partial charge is 0.399 e. The summed E-state index contributed by atoms with van der Waals surface area (Å²) in [5.74, 6) is 0. The average molecular weight is 653 g/mol. The normalized spacial score (nSPS) is 14.5. The second-order valence-corrected chi connectivity index (χ2v) is 15.0. The first-order valence-electron chi connectivity index (χ1n) is 14.7. The van der Waals surface area contributed by atoms with Crippen LogP contribution in [0.2, 0.25) is 5.15 Å². The zero-order valence-electron chi connectivity index (χ0n) is 26.2. The van der Waals surface area contributed by atoms with Crippen molar-refractivity contribution < 1.29 is 8.42 Å². The number of nitrogens with one attached hydrogen (secondary N) is 1. The first kappa shape index (κ1) is 32.2. The Bertz CT molecular complexity index is 1870. The third-order valence-corrected chi connectivity index (χ3v) is 10.7. The van der Waals surface area contributed by atoms with Gasteiger partial charge in [0.05, 0.1) is 0 Å². The van der Waals surface area contributed by atoms with E-state index in [1.165, 1.54) is 54.7 Å². The smallest absolute Gasteiger partial charge is 0.281 e. The summed E-state index contributed by atoms with van der Waals surface area (Å²) < 4.78 is 30.1. The molecule has 2 aliphatic rings. The SMILES string of the molecule is CC1=C(CCN(C)C)c2cc(N)ccc2C1.CC1=C(CCN(C)C)c2cc(NS(=O)(=O)c3c(Cl)nc4sccn34)ccc2C1. The molecule has 0 aliphatic heterocycles. The monoisotopic (exact) mass is 652 g/mol. The van der Waals surface area contributed by atoms with Gasteiger partial charge in [-0.2, -0.15) is 8.42 Å². The number of hydrogen-bond acceptors (Lipinski definition) is 7. The van der Waals surface area contributed by atoms with Gasteiger partial charge in [0.2, 0.25) is 0 Å². The molecule has 0 unspecified atom stereocenters. The molecule has 0 spiro atoms. The van der Waals surface area contributed by atoms with Crippen molar-refractivity contribution in [3.63, 3.8) is 0 Å². The van der Waals surface area contributed by atoms with Crippen molar-refractivity contribution in [2.75, 3.05) is 51.7 Å². The van der Waals surface area contributed by atoms with Crippen LogP contribution in [0.25, 0.3) is 16.1 Å². The molecule has 0 atom stereocenters. The van der Waals surface area contributed by atoms with Crippen LogP contribution in [-0.4, -0.2) is 68.9 Å². The van der Waals surface area contributed by atoms with E-state index < -0.39 is 10.0 Å². The molecule has 0 amide bonds. The van der Waals surface area contributed by atoms with E-state index in [2.05, 4.69) is 73.7 Å². The van der Waals surface area contributed by atoms with Crippen molar-refractivity contribution >= 4 is 60.4 Å². The summed E-state index contributed by atoms with van der Waals surface area (Å²) in [5.41, 5.74) is 18.1. The molecule has 2 aliphatic carbocycles. The van der Waals surface area contributed by atoms with Gasteiger partial charge in [-0.3, -0.25) is 9.12 Å². The lowest BCUT2D eigenvalue weighted by molar-refractivity contribution is 0.419. The first-order valence-corrected chi connectivity index (χ1v) is 17.4. The standard InChI is InChI=1S/C19H21ClN4O2S2.C14H20N2/c1-12-10-13-4-5-14(11-16(13)15(12)6-7-23(2)3)22-28(25,26)18-17(20)21-19-24(18)8-9-27-19;1-10-8-11-4-5-12(15)9-14(11)13(10)6-7-16(2)3/h4-5,8-9,11,22H,6-7,10H2,1-3H3;4-5,9H,6-8,15H2,1-3H3. The molecule has 234 valence electrons. The van der Waals surface area contributed by atoms with E-state index in [0.717, 1.165) is 50.0 Å². The van der Waals surface area contributed by atoms with E-state index in [1.54, 1.807) is 17.6 Å². The van der Waals surface area contributed by atoms with Crippen LogP contribution in [0.4, 0.5) is 11.4 Å². The lowest BCUT2D eigenvalue weighted by Gasteiger charge is -2.14. The third-order valence-electron chi connectivity index (χ3n) is 8.14. The summed E-state index contributed by atoms with van der Waals surface area (Å²) in [5, 5.41) is 1.71. The Morgan fingerprint density at radius 3 is 2.09 bits per heavy atom. The highest BCUT2D eigenvalue weighted by molar-refractivity contribution is 7.92. The minimum absolute atomic E-state index is 0.0251. The van der Waals surface area contributed by atoms with Gasteiger partial charge in [-0.05, 0) is 125 Å². The molecule has 2 heterocycles. The molecule has 2 aromatic heterocycles. The Kier molecular flexibility index (Phi) is 9.58. The predicted molar refractivity (Wildman–Crippen MR) is 185 cm³/mol. The Morgan fingerprint density at radius 1 is 0.932 bits per heavy atom. The molecular formula is C33H41ClN6O2S2. The van der Waals surface area contributed by atoms with Crippen molar-refractivity contribution in [2.45, 2.75) is 44.6 Å². The highest BCUT2D eigenvalue weighted by Gasteiger charge is 2.26. The molecule has 6 rings (SSSR count). The summed E-state index contributed by atoms with van der Waals surface area (Å²) >= 11 is 7.44. The van der Waals surface area contributed by atoms with Crippen LogP contribution in [0, 0.1) is 0 Å². The highest BCUT2D eigenvalue weighted by atomic mass is 35.5. The van der Waals surface area contributed by atoms with Crippen LogP contribution in [-0.2, 0) is 22.9 Å². The number of aromatic nitrogens is 2. The fourth-order valence-electron chi connectivity index (χ4n) is 5.90. The van der Waals surface area contributed by atoms with Crippen LogP contribution in [0.1, 0.15) is 48.9 Å². The summed E-state index contributed by atoms with van der Waals surface area (Å²) in [7, 11) is 4.47. The van der Waals surface area contributed by atoms with Crippen LogP contribution in [0.5, 0.6) is 0 Å². The zero-order chi connectivity index (χ0) is 31.8. The number of nitrogen functional groups attached to an aromatic ring is 1. The zero-order valence-corrected chi connectivity index (χ0v) is 28.6. The van der Waals surface area contributed by atoms with Crippen LogP contribution in [0.15, 0.2) is 64.1 Å². The number of fused-ring (bicyclic) bond motifs is 3. The molecule has 11 heteroatoms. The van der Waals surface area contributed by atoms with E-state index in [-0.39, 0.29) is 10.2 Å². The molecule has 0 saturated heterocycles. The van der Waals surface area contributed by atoms with Gasteiger partial charge in [-0.1, -0.05) is 34.9 Å². The number of nitrogens with zero attached hydrogens (tertiary/aromatic N) is 4. The van der Waals surface area contributed by atoms with Crippen molar-refractivity contribution in [1.29, 1.82) is 0 Å². The number of halogens is 1. The number of anilines is 2. The van der Waals surface area contributed by atoms with E-state index in [4.69, 9.17) is 17.3 Å². The maximum Gasteiger partial charge on any atom is 0.281 e. The Hall–Kier alpha value is -3.15. The fourth-order valence-corrected chi connectivity index (χ4v) is 8.40. The number of hydrogen-bond donors (Lipinski definition) is 2. The summed E-state index contributed by atoms with van der Waals surface area (Å²) in [6, 6.07) is 12.0. The van der Waals surface area contributed by atoms with Gasteiger partial charge >= 0.3 is 0 Å². The van der Waals surface area contributed by atoms with Gasteiger partial charge in [-0.25, -0.2) is 4.98 Å². The summed E-state index contributed by atoms with van der Waals surface area (Å²) in [6.45, 7) is 6.43. The second-order valence-electron chi connectivity index (χ2n) is 12.1. The number of sulfonamides is 1. The number of rotatable bonds is 9. The highest BCUT2D eigenvalue weighted by Crippen LogP contribution is 2.38. The predicted octanol–water partition coefficient (Wildman–Crippen LogP) is 6.68. The van der Waals surface area contributed by atoms with Crippen molar-refractivity contribution in [3.05, 3.63) is 86.5 Å². The first-order chi connectivity index (χ1) is 20.8. The van der Waals surface area contributed by atoms with Gasteiger partial charge < -0.3 is 15.5 Å². The fraction of sp³-hybridized carbons (Fsp3) is 0.364. The number of nitrogens with two attached hydrogens (primary N) is 1. The van der Waals surface area contributed by atoms with Crippen molar-refractivity contribution in [2.24, 2.45) is 0 Å². The van der Waals surface area contributed by atoms with E-state index in [0.29, 0.717) is 10.6 Å². The molecular weight excluding hydrogens is 612 g/mol. The van der Waals surface area contributed by atoms with Gasteiger partial charge in [-0.15, -0.1) is 11.3 Å². The number of benzene rings is 2.